The Hall–Kier alpha value is -7.90. The SMILES string of the molecule is CN1CC[C@H]2CC[C@@H](C(=O)NC(CCC(N)=O)C(=O)NC(C(=O)NCCCCCCCCCC#Cc3cccc4c3CN(C3CCC(=O)NC3=O)C4=O)c3ccccc3)N2C(=O)[C@@H](NC(=O)c2ccc3ccc(C(F)(F)P(=O)(O)O)cc3c2)C1. The molecule has 4 aliphatic heterocycles. The number of nitrogens with one attached hydrogen (secondary N) is 5. The Morgan fingerprint density at radius 1 is 0.833 bits per heavy atom. The second-order valence-electron chi connectivity index (χ2n) is 21.9. The Morgan fingerprint density at radius 2 is 1.56 bits per heavy atom. The number of alkyl halides is 2. The summed E-state index contributed by atoms with van der Waals surface area (Å²) in [6.07, 6.45) is 7.99. The van der Waals surface area contributed by atoms with E-state index in [1.807, 2.05) is 11.0 Å². The van der Waals surface area contributed by atoms with Gasteiger partial charge < -0.3 is 51.5 Å². The number of rotatable bonds is 23. The molecule has 3 unspecified atom stereocenters. The van der Waals surface area contributed by atoms with E-state index < -0.39 is 96.4 Å². The zero-order valence-corrected chi connectivity index (χ0v) is 47.5. The fourth-order valence-electron chi connectivity index (χ4n) is 11.3. The number of imide groups is 1. The van der Waals surface area contributed by atoms with Crippen molar-refractivity contribution < 1.29 is 66.3 Å². The van der Waals surface area contributed by atoms with E-state index >= 15 is 0 Å². The number of amides is 9. The van der Waals surface area contributed by atoms with Gasteiger partial charge in [0.25, 0.3) is 11.8 Å². The van der Waals surface area contributed by atoms with Crippen molar-refractivity contribution in [3.8, 4) is 11.8 Å². The third-order valence-electron chi connectivity index (χ3n) is 15.9. The number of likely N-dealkylation sites (N-methyl/N-ethyl adjacent to an activating group) is 1. The summed E-state index contributed by atoms with van der Waals surface area (Å²) in [6.45, 7) is 1.10. The van der Waals surface area contributed by atoms with Crippen LogP contribution >= 0.6 is 7.60 Å². The first kappa shape index (κ1) is 62.2. The van der Waals surface area contributed by atoms with Gasteiger partial charge in [0, 0.05) is 67.2 Å². The summed E-state index contributed by atoms with van der Waals surface area (Å²) in [5.74, 6) is 1.36. The molecule has 0 bridgehead atoms. The van der Waals surface area contributed by atoms with Gasteiger partial charge in [-0.2, -0.15) is 8.78 Å². The highest BCUT2D eigenvalue weighted by atomic mass is 31.2. The highest BCUT2D eigenvalue weighted by molar-refractivity contribution is 7.52. The summed E-state index contributed by atoms with van der Waals surface area (Å²) in [5.41, 5.74) is 2.57. The molecule has 0 spiro atoms. The number of carbonyl (C=O) groups excluding carboxylic acids is 9. The Balaban J connectivity index is 0.819. The molecule has 84 heavy (non-hydrogen) atoms. The van der Waals surface area contributed by atoms with Gasteiger partial charge in [0.15, 0.2) is 0 Å². The summed E-state index contributed by atoms with van der Waals surface area (Å²) >= 11 is 0. The average molecular weight is 1180 g/mol. The lowest BCUT2D eigenvalue weighted by molar-refractivity contribution is -0.144. The van der Waals surface area contributed by atoms with Crippen LogP contribution in [0, 0.1) is 11.8 Å². The molecule has 9 amide bonds. The maximum Gasteiger partial charge on any atom is 0.399 e. The number of benzene rings is 4. The lowest BCUT2D eigenvalue weighted by Crippen LogP contribution is -2.61. The first-order valence-electron chi connectivity index (χ1n) is 28.4. The number of hydrogen-bond acceptors (Lipinski definition) is 11. The highest BCUT2D eigenvalue weighted by Crippen LogP contribution is 2.59. The molecule has 4 aromatic rings. The third-order valence-corrected chi connectivity index (χ3v) is 16.9. The van der Waals surface area contributed by atoms with E-state index in [0.29, 0.717) is 55.3 Å². The third kappa shape index (κ3) is 15.1. The van der Waals surface area contributed by atoms with Crippen LogP contribution in [0.25, 0.3) is 10.8 Å². The maximum atomic E-state index is 14.6. The summed E-state index contributed by atoms with van der Waals surface area (Å²) in [4.78, 5) is 144. The Kier molecular flexibility index (Phi) is 20.5. The molecule has 3 saturated heterocycles. The molecule has 4 heterocycles. The number of nitrogens with zero attached hydrogens (tertiary/aromatic N) is 3. The number of unbranched alkanes of at least 4 members (excludes halogenated alkanes) is 7. The van der Waals surface area contributed by atoms with E-state index in [2.05, 4.69) is 38.4 Å². The Morgan fingerprint density at radius 3 is 2.29 bits per heavy atom. The Bertz CT molecular complexity index is 3300. The van der Waals surface area contributed by atoms with Gasteiger partial charge in [0.2, 0.25) is 41.4 Å². The van der Waals surface area contributed by atoms with E-state index in [0.717, 1.165) is 61.8 Å². The lowest BCUT2D eigenvalue weighted by atomic mass is 10.0. The molecule has 0 aromatic heterocycles. The number of piperidine rings is 1. The molecule has 4 aromatic carbocycles. The normalized spacial score (nSPS) is 19.9. The number of nitrogens with two attached hydrogens (primary N) is 1. The zero-order valence-electron chi connectivity index (χ0n) is 46.6. The predicted octanol–water partition coefficient (Wildman–Crippen LogP) is 4.52. The van der Waals surface area contributed by atoms with Crippen LogP contribution in [-0.4, -0.2) is 135 Å². The van der Waals surface area contributed by atoms with Crippen LogP contribution in [0.15, 0.2) is 84.9 Å². The number of halogens is 2. The molecule has 4 aliphatic rings. The van der Waals surface area contributed by atoms with Crippen LogP contribution in [0.5, 0.6) is 0 Å². The van der Waals surface area contributed by atoms with Crippen LogP contribution in [0.4, 0.5) is 8.78 Å². The van der Waals surface area contributed by atoms with Crippen LogP contribution < -0.4 is 32.3 Å². The summed E-state index contributed by atoms with van der Waals surface area (Å²) in [6, 6.07) is 15.1. The van der Waals surface area contributed by atoms with Gasteiger partial charge in [-0.3, -0.25) is 53.0 Å². The molecule has 9 N–H and O–H groups in total. The molecule has 446 valence electrons. The average Bonchev–Trinajstić information content (AvgIpc) is 2.03. The van der Waals surface area contributed by atoms with Gasteiger partial charge in [-0.25, -0.2) is 0 Å². The van der Waals surface area contributed by atoms with Crippen molar-refractivity contribution in [2.45, 2.75) is 145 Å². The fraction of sp³-hybridized carbons (Fsp3) is 0.450. The van der Waals surface area contributed by atoms with Gasteiger partial charge in [0.05, 0.1) is 0 Å². The first-order chi connectivity index (χ1) is 40.1. The molecule has 24 heteroatoms. The predicted molar refractivity (Wildman–Crippen MR) is 304 cm³/mol. The topological polar surface area (TPSA) is 307 Å². The van der Waals surface area contributed by atoms with Crippen LogP contribution in [0.2, 0.25) is 0 Å². The molecule has 6 atom stereocenters. The van der Waals surface area contributed by atoms with Crippen molar-refractivity contribution in [1.82, 2.24) is 41.3 Å². The minimum Gasteiger partial charge on any atom is -0.370 e. The lowest BCUT2D eigenvalue weighted by Gasteiger charge is -2.38. The van der Waals surface area contributed by atoms with Crippen molar-refractivity contribution in [3.05, 3.63) is 118 Å². The second kappa shape index (κ2) is 27.7. The fourth-order valence-corrected chi connectivity index (χ4v) is 11.8. The van der Waals surface area contributed by atoms with Gasteiger partial charge in [0.1, 0.15) is 30.2 Å². The molecule has 21 nitrogen and oxygen atoms in total. The van der Waals surface area contributed by atoms with Crippen molar-refractivity contribution in [3.63, 3.8) is 0 Å². The Labute approximate surface area is 484 Å². The quantitative estimate of drug-likeness (QED) is 0.0220. The van der Waals surface area contributed by atoms with Crippen LogP contribution in [0.3, 0.4) is 0 Å². The molecule has 0 aliphatic carbocycles. The maximum absolute atomic E-state index is 14.6. The second-order valence-corrected chi connectivity index (χ2v) is 23.5. The van der Waals surface area contributed by atoms with E-state index in [4.69, 9.17) is 5.73 Å². The molecule has 0 radical (unpaired) electrons. The summed E-state index contributed by atoms with van der Waals surface area (Å²) in [5, 5.41) is 14.0. The standard InChI is InChI=1S/C60H70F2N9O12P/c1-69-32-30-43-24-26-49(71(43)59(80)47(36-69)66-53(74)40-21-20-37-22-23-42(34-41(37)33-40)60(61,62)84(81,82)83)56(77)65-46(25-28-50(63)72)54(75)68-52(39-16-11-9-12-17-39)57(78)64-31-13-8-6-4-2-3-5-7-10-15-38-18-14-19-44-45(38)35-70(58(44)79)48-27-29-51(73)67-55(48)76/h9,11-12,14,16-23,33-34,43,46-49,52H,2-8,13,24-32,35-36H2,1H3,(H2,63,72)(H,64,78)(H,65,77)(H,66,74)(H,68,75)(H,67,73,76)(H2,81,82,83)/t43-,46?,47+,48?,49+,52?/m1/s1. The van der Waals surface area contributed by atoms with Crippen molar-refractivity contribution in [2.24, 2.45) is 5.73 Å². The number of carbonyl (C=O) groups is 9. The minimum atomic E-state index is -5.88. The number of primary amides is 1. The summed E-state index contributed by atoms with van der Waals surface area (Å²) in [7, 11) is -4.12. The van der Waals surface area contributed by atoms with Gasteiger partial charge in [-0.1, -0.05) is 98.5 Å². The smallest absolute Gasteiger partial charge is 0.370 e. The molecular weight excluding hydrogens is 1110 g/mol. The van der Waals surface area contributed by atoms with E-state index in [1.54, 1.807) is 49.5 Å². The molecular formula is C60H70F2N9O12P. The number of hydrogen-bond donors (Lipinski definition) is 8. The van der Waals surface area contributed by atoms with Crippen LogP contribution in [-0.2, 0) is 50.3 Å². The van der Waals surface area contributed by atoms with Crippen LogP contribution in [0.1, 0.15) is 145 Å². The minimum absolute atomic E-state index is 0.0307. The van der Waals surface area contributed by atoms with E-state index in [9.17, 15) is 66.3 Å². The van der Waals surface area contributed by atoms with E-state index in [1.165, 1.54) is 34.1 Å². The van der Waals surface area contributed by atoms with Gasteiger partial charge in [-0.15, -0.1) is 0 Å². The monoisotopic (exact) mass is 1180 g/mol. The van der Waals surface area contributed by atoms with Gasteiger partial charge in [-0.05, 0) is 111 Å². The van der Waals surface area contributed by atoms with Gasteiger partial charge >= 0.3 is 13.3 Å². The largest absolute Gasteiger partial charge is 0.399 e. The van der Waals surface area contributed by atoms with Crippen molar-refractivity contribution >= 4 is 71.5 Å². The molecule has 3 fully saturated rings. The first-order valence-corrected chi connectivity index (χ1v) is 30.0. The van der Waals surface area contributed by atoms with Crippen molar-refractivity contribution in [2.75, 3.05) is 26.7 Å². The molecule has 0 saturated carbocycles. The van der Waals surface area contributed by atoms with Crippen molar-refractivity contribution in [1.29, 1.82) is 0 Å². The highest BCUT2D eigenvalue weighted by Gasteiger charge is 2.51. The summed E-state index contributed by atoms with van der Waals surface area (Å²) < 4.78 is 40.9. The van der Waals surface area contributed by atoms with E-state index in [-0.39, 0.29) is 68.0 Å². The zero-order chi connectivity index (χ0) is 60.3. The molecule has 8 rings (SSSR count). The number of fused-ring (bicyclic) bond motifs is 3.